The van der Waals surface area contributed by atoms with Crippen LogP contribution in [0.25, 0.3) is 0 Å². The molecule has 0 aliphatic rings. The van der Waals surface area contributed by atoms with Gasteiger partial charge in [-0.3, -0.25) is 0 Å². The maximum absolute atomic E-state index is 8.04. The van der Waals surface area contributed by atoms with Crippen molar-refractivity contribution in [2.75, 3.05) is 0 Å². The van der Waals surface area contributed by atoms with E-state index in [-0.39, 0.29) is 5.48 Å². The van der Waals surface area contributed by atoms with E-state index in [0.717, 1.165) is 6.16 Å². The van der Waals surface area contributed by atoms with Crippen molar-refractivity contribution in [1.82, 2.24) is 0 Å². The van der Waals surface area contributed by atoms with Gasteiger partial charge in [0.2, 0.25) is 0 Å². The van der Waals surface area contributed by atoms with Crippen molar-refractivity contribution in [2.24, 2.45) is 0 Å². The van der Waals surface area contributed by atoms with E-state index in [9.17, 15) is 0 Å². The molecule has 0 fully saturated rings. The molecule has 28 heavy (non-hydrogen) atoms. The molecule has 3 heteroatoms. The molecule has 142 valence electrons. The first-order valence-electron chi connectivity index (χ1n) is 9.15. The van der Waals surface area contributed by atoms with Crippen LogP contribution >= 0.6 is 17.2 Å². The summed E-state index contributed by atoms with van der Waals surface area (Å²) in [5.74, 6) is -3.21. The summed E-state index contributed by atoms with van der Waals surface area (Å²) in [6, 6.07) is 42.5. The average molecular weight is 407 g/mol. The van der Waals surface area contributed by atoms with Crippen LogP contribution in [-0.4, -0.2) is 5.48 Å². The topological polar surface area (TPSA) is 31.5 Å². The number of benzene rings is 4. The minimum Gasteiger partial charge on any atom is -0.412 e. The molecule has 0 heterocycles. The van der Waals surface area contributed by atoms with E-state index in [1.807, 2.05) is 0 Å². The molecular weight excluding hydrogens is 383 g/mol. The first-order chi connectivity index (χ1) is 13.2. The summed E-state index contributed by atoms with van der Waals surface area (Å²) < 4.78 is 0. The fourth-order valence-electron chi connectivity index (χ4n) is 3.86. The van der Waals surface area contributed by atoms with Crippen LogP contribution in [0.15, 0.2) is 121 Å². The Morgan fingerprint density at radius 1 is 0.464 bits per heavy atom. The van der Waals surface area contributed by atoms with Crippen LogP contribution in [0.1, 0.15) is 5.56 Å². The van der Waals surface area contributed by atoms with E-state index in [1.54, 1.807) is 0 Å². The largest absolute Gasteiger partial charge is 0.412 e. The standard InChI is InChI=1S/C25H22ClP.H2O/c26-27(23-15-7-2-8-16-23,24-17-9-3-10-18-24,25-19-11-4-12-20-25)21-22-13-5-1-6-14-22;/h1-20H,21H2;1H2. The molecule has 2 N–H and O–H groups in total. The van der Waals surface area contributed by atoms with Crippen LogP contribution in [0.2, 0.25) is 0 Å². The third-order valence-corrected chi connectivity index (χ3v) is 12.4. The van der Waals surface area contributed by atoms with Gasteiger partial charge in [0, 0.05) is 0 Å². The molecule has 0 aliphatic heterocycles. The van der Waals surface area contributed by atoms with E-state index < -0.39 is 5.96 Å². The molecule has 0 aliphatic carbocycles. The minimum absolute atomic E-state index is 0. The van der Waals surface area contributed by atoms with Crippen molar-refractivity contribution >= 4 is 33.1 Å². The average Bonchev–Trinajstić information content (AvgIpc) is 2.76. The van der Waals surface area contributed by atoms with E-state index in [2.05, 4.69) is 121 Å². The van der Waals surface area contributed by atoms with Gasteiger partial charge in [0.25, 0.3) is 0 Å². The van der Waals surface area contributed by atoms with Gasteiger partial charge in [0.1, 0.15) is 0 Å². The first kappa shape index (κ1) is 20.3. The van der Waals surface area contributed by atoms with E-state index >= 15 is 0 Å². The van der Waals surface area contributed by atoms with Gasteiger partial charge in [0.15, 0.2) is 0 Å². The third kappa shape index (κ3) is 3.38. The summed E-state index contributed by atoms with van der Waals surface area (Å²) in [5, 5.41) is 3.60. The second-order valence-electron chi connectivity index (χ2n) is 6.83. The van der Waals surface area contributed by atoms with Crippen molar-refractivity contribution in [1.29, 1.82) is 0 Å². The number of halogens is 1. The molecular formula is C25H24ClOP. The van der Waals surface area contributed by atoms with Crippen LogP contribution in [0.4, 0.5) is 0 Å². The van der Waals surface area contributed by atoms with Crippen molar-refractivity contribution in [3.63, 3.8) is 0 Å². The van der Waals surface area contributed by atoms with Crippen molar-refractivity contribution in [3.8, 4) is 0 Å². The zero-order chi connectivity index (χ0) is 18.6. The molecule has 0 saturated carbocycles. The zero-order valence-electron chi connectivity index (χ0n) is 15.6. The van der Waals surface area contributed by atoms with Crippen LogP contribution < -0.4 is 15.9 Å². The molecule has 0 unspecified atom stereocenters. The normalized spacial score (nSPS) is 12.4. The predicted octanol–water partition coefficient (Wildman–Crippen LogP) is 5.05. The van der Waals surface area contributed by atoms with E-state index in [1.165, 1.54) is 21.5 Å². The Balaban J connectivity index is 0.00000225. The summed E-state index contributed by atoms with van der Waals surface area (Å²) in [6.07, 6.45) is 0.784. The fourth-order valence-corrected chi connectivity index (χ4v) is 10.0. The van der Waals surface area contributed by atoms with Crippen LogP contribution in [0, 0.1) is 0 Å². The van der Waals surface area contributed by atoms with Gasteiger partial charge in [-0.2, -0.15) is 0 Å². The Morgan fingerprint density at radius 2 is 0.750 bits per heavy atom. The number of rotatable bonds is 5. The molecule has 0 radical (unpaired) electrons. The fraction of sp³-hybridized carbons (Fsp3) is 0.0400. The smallest absolute Gasteiger partial charge is 0.412 e. The second kappa shape index (κ2) is 8.29. The molecule has 4 rings (SSSR count). The Bertz CT molecular complexity index is 906. The molecule has 0 atom stereocenters. The Morgan fingerprint density at radius 3 is 1.07 bits per heavy atom. The molecule has 0 saturated heterocycles. The molecule has 0 bridgehead atoms. The summed E-state index contributed by atoms with van der Waals surface area (Å²) in [4.78, 5) is 0. The van der Waals surface area contributed by atoms with Crippen LogP contribution in [-0.2, 0) is 6.16 Å². The molecule has 1 nitrogen and oxygen atoms in total. The quantitative estimate of drug-likeness (QED) is 0.415. The van der Waals surface area contributed by atoms with Crippen molar-refractivity contribution in [3.05, 3.63) is 127 Å². The van der Waals surface area contributed by atoms with Gasteiger partial charge in [-0.25, -0.2) is 0 Å². The third-order valence-electron chi connectivity index (χ3n) is 5.21. The Hall–Kier alpha value is -2.44. The summed E-state index contributed by atoms with van der Waals surface area (Å²) in [7, 11) is 0. The molecule has 4 aromatic rings. The minimum atomic E-state index is -3.21. The zero-order valence-corrected chi connectivity index (χ0v) is 17.2. The van der Waals surface area contributed by atoms with Crippen molar-refractivity contribution in [2.45, 2.75) is 6.16 Å². The molecule has 0 aromatic heterocycles. The summed E-state index contributed by atoms with van der Waals surface area (Å²) in [6.45, 7) is 0. The number of hydrogen-bond acceptors (Lipinski definition) is 0. The van der Waals surface area contributed by atoms with Crippen molar-refractivity contribution < 1.29 is 5.48 Å². The van der Waals surface area contributed by atoms with E-state index in [0.29, 0.717) is 0 Å². The van der Waals surface area contributed by atoms with Gasteiger partial charge in [0.05, 0.1) is 0 Å². The summed E-state index contributed by atoms with van der Waals surface area (Å²) >= 11 is 8.04. The van der Waals surface area contributed by atoms with Gasteiger partial charge in [-0.05, 0) is 0 Å². The SMILES string of the molecule is ClP(Cc1ccccc1)(c1ccccc1)(c1ccccc1)c1ccccc1.O. The Kier molecular flexibility index (Phi) is 6.01. The molecule has 4 aromatic carbocycles. The van der Waals surface area contributed by atoms with Crippen LogP contribution in [0.3, 0.4) is 0 Å². The summed E-state index contributed by atoms with van der Waals surface area (Å²) in [5.41, 5.74) is 1.25. The van der Waals surface area contributed by atoms with Gasteiger partial charge in [-0.15, -0.1) is 0 Å². The maximum Gasteiger partial charge on any atom is -0.412 e. The monoisotopic (exact) mass is 406 g/mol. The molecule has 0 spiro atoms. The van der Waals surface area contributed by atoms with Gasteiger partial charge < -0.3 is 5.48 Å². The maximum atomic E-state index is 8.04. The van der Waals surface area contributed by atoms with Crippen LogP contribution in [0.5, 0.6) is 0 Å². The predicted molar refractivity (Wildman–Crippen MR) is 125 cm³/mol. The van der Waals surface area contributed by atoms with E-state index in [4.69, 9.17) is 11.2 Å². The first-order valence-corrected chi connectivity index (χ1v) is 12.5. The second-order valence-corrected chi connectivity index (χ2v) is 13.3. The van der Waals surface area contributed by atoms with Gasteiger partial charge >= 0.3 is 166 Å². The number of hydrogen-bond donors (Lipinski definition) is 0. The molecule has 0 amide bonds. The Labute approximate surface area is 171 Å². The van der Waals surface area contributed by atoms with Gasteiger partial charge in [-0.1, -0.05) is 0 Å².